The third-order valence-corrected chi connectivity index (χ3v) is 5.99. The third kappa shape index (κ3) is 3.24. The zero-order valence-corrected chi connectivity index (χ0v) is 14.9. The maximum absolute atomic E-state index is 11.3. The van der Waals surface area contributed by atoms with Gasteiger partial charge in [-0.3, -0.25) is 4.79 Å². The Morgan fingerprint density at radius 2 is 2.14 bits per heavy atom. The van der Waals surface area contributed by atoms with Gasteiger partial charge in [0.1, 0.15) is 0 Å². The summed E-state index contributed by atoms with van der Waals surface area (Å²) < 4.78 is 11.7. The lowest BCUT2D eigenvalue weighted by Crippen LogP contribution is -2.56. The minimum Gasteiger partial charge on any atom is -0.465 e. The molecule has 1 fully saturated rings. The fourth-order valence-electron chi connectivity index (χ4n) is 4.48. The van der Waals surface area contributed by atoms with Gasteiger partial charge >= 0.3 is 5.97 Å². The summed E-state index contributed by atoms with van der Waals surface area (Å²) in [5.74, 6) is 1.15. The Hall–Kier alpha value is -0.830. The monoisotopic (exact) mass is 308 g/mol. The molecule has 0 N–H and O–H groups in total. The van der Waals surface area contributed by atoms with Gasteiger partial charge in [-0.05, 0) is 25.2 Å². The summed E-state index contributed by atoms with van der Waals surface area (Å²) >= 11 is 0. The largest absolute Gasteiger partial charge is 0.465 e. The van der Waals surface area contributed by atoms with E-state index in [0.29, 0.717) is 37.1 Å². The summed E-state index contributed by atoms with van der Waals surface area (Å²) in [5.41, 5.74) is 1.40. The molecule has 1 aliphatic carbocycles. The lowest BCUT2D eigenvalue weighted by molar-refractivity contribution is -0.180. The van der Waals surface area contributed by atoms with Crippen LogP contribution < -0.4 is 0 Å². The maximum Gasteiger partial charge on any atom is 0.302 e. The molecule has 0 aromatic carbocycles. The number of allylic oxidation sites excluding steroid dienone is 1. The van der Waals surface area contributed by atoms with Crippen molar-refractivity contribution in [3.63, 3.8) is 0 Å². The van der Waals surface area contributed by atoms with Crippen LogP contribution in [0.2, 0.25) is 0 Å². The smallest absolute Gasteiger partial charge is 0.302 e. The Morgan fingerprint density at radius 1 is 1.41 bits per heavy atom. The maximum atomic E-state index is 11.3. The predicted octanol–water partition coefficient (Wildman–Crippen LogP) is 4.36. The van der Waals surface area contributed by atoms with Crippen molar-refractivity contribution in [1.82, 2.24) is 0 Å². The predicted molar refractivity (Wildman–Crippen MR) is 88.5 cm³/mol. The van der Waals surface area contributed by atoms with E-state index in [9.17, 15) is 4.79 Å². The summed E-state index contributed by atoms with van der Waals surface area (Å²) in [6.45, 7) is 11.7. The van der Waals surface area contributed by atoms with Gasteiger partial charge in [-0.2, -0.15) is 0 Å². The topological polar surface area (TPSA) is 35.5 Å². The summed E-state index contributed by atoms with van der Waals surface area (Å²) in [7, 11) is 0. The summed E-state index contributed by atoms with van der Waals surface area (Å²) in [4.78, 5) is 11.3. The van der Waals surface area contributed by atoms with Crippen LogP contribution in [-0.2, 0) is 14.3 Å². The Bertz CT molecular complexity index is 428. The quantitative estimate of drug-likeness (QED) is 0.415. The molecule has 3 nitrogen and oxygen atoms in total. The highest BCUT2D eigenvalue weighted by molar-refractivity contribution is 5.65. The third-order valence-electron chi connectivity index (χ3n) is 5.99. The van der Waals surface area contributed by atoms with E-state index < -0.39 is 0 Å². The average Bonchev–Trinajstić information content (AvgIpc) is 2.45. The van der Waals surface area contributed by atoms with Gasteiger partial charge in [-0.15, -0.1) is 0 Å². The summed E-state index contributed by atoms with van der Waals surface area (Å²) in [5, 5.41) is 0. The number of unbranched alkanes of at least 4 members (excludes halogenated alkanes) is 2. The first-order chi connectivity index (χ1) is 10.4. The fraction of sp³-hybridized carbons (Fsp3) is 0.842. The van der Waals surface area contributed by atoms with Crippen molar-refractivity contribution in [2.45, 2.75) is 66.4 Å². The zero-order chi connectivity index (χ0) is 16.3. The van der Waals surface area contributed by atoms with E-state index >= 15 is 0 Å². The van der Waals surface area contributed by atoms with E-state index in [1.54, 1.807) is 0 Å². The van der Waals surface area contributed by atoms with E-state index in [1.165, 1.54) is 31.8 Å². The second-order valence-corrected chi connectivity index (χ2v) is 7.37. The van der Waals surface area contributed by atoms with Crippen LogP contribution in [0.15, 0.2) is 11.6 Å². The Morgan fingerprint density at radius 3 is 2.77 bits per heavy atom. The van der Waals surface area contributed by atoms with E-state index in [4.69, 9.17) is 9.47 Å². The van der Waals surface area contributed by atoms with Crippen molar-refractivity contribution in [1.29, 1.82) is 0 Å². The molecule has 0 amide bonds. The van der Waals surface area contributed by atoms with Gasteiger partial charge in [0.25, 0.3) is 0 Å². The van der Waals surface area contributed by atoms with Gasteiger partial charge in [0.15, 0.2) is 0 Å². The van der Waals surface area contributed by atoms with Gasteiger partial charge in [0, 0.05) is 18.3 Å². The lowest BCUT2D eigenvalue weighted by atomic mass is 9.56. The number of esters is 1. The van der Waals surface area contributed by atoms with E-state index in [2.05, 4.69) is 33.8 Å². The van der Waals surface area contributed by atoms with Crippen LogP contribution in [0.5, 0.6) is 0 Å². The minimum atomic E-state index is -0.193. The van der Waals surface area contributed by atoms with E-state index in [-0.39, 0.29) is 11.4 Å². The normalized spacial score (nSPS) is 37.6. The molecule has 0 aromatic heterocycles. The highest BCUT2D eigenvalue weighted by Gasteiger charge is 2.53. The van der Waals surface area contributed by atoms with Crippen LogP contribution >= 0.6 is 0 Å². The molecular weight excluding hydrogens is 276 g/mol. The van der Waals surface area contributed by atoms with Crippen LogP contribution in [0.25, 0.3) is 0 Å². The molecule has 1 aliphatic heterocycles. The number of hydrogen-bond acceptors (Lipinski definition) is 3. The second-order valence-electron chi connectivity index (χ2n) is 7.37. The van der Waals surface area contributed by atoms with Crippen molar-refractivity contribution in [3.8, 4) is 0 Å². The second kappa shape index (κ2) is 7.16. The highest BCUT2D eigenvalue weighted by Crippen LogP contribution is 2.53. The fourth-order valence-corrected chi connectivity index (χ4v) is 4.48. The number of carbonyl (C=O) groups excluding carboxylic acids is 1. The first kappa shape index (κ1) is 17.5. The molecule has 5 atom stereocenters. The standard InChI is InChI=1S/C19H32O3/c1-6-7-8-9-17-18-13(2)10-14(3)19(12-22-17,15(18)4)11-21-16(5)20/h10,14-15,17-18H,6-9,11-12H2,1-5H3/t14-,15+,17-,18+,19-/m0/s1. The molecule has 22 heavy (non-hydrogen) atoms. The van der Waals surface area contributed by atoms with Crippen molar-refractivity contribution in [2.24, 2.45) is 23.2 Å². The molecular formula is C19H32O3. The molecule has 0 radical (unpaired) electrons. The van der Waals surface area contributed by atoms with E-state index in [1.807, 2.05) is 0 Å². The molecule has 2 aliphatic rings. The van der Waals surface area contributed by atoms with Gasteiger partial charge in [0.05, 0.1) is 19.3 Å². The van der Waals surface area contributed by atoms with Gasteiger partial charge < -0.3 is 9.47 Å². The van der Waals surface area contributed by atoms with Crippen molar-refractivity contribution in [3.05, 3.63) is 11.6 Å². The first-order valence-corrected chi connectivity index (χ1v) is 8.85. The van der Waals surface area contributed by atoms with Crippen LogP contribution in [0.4, 0.5) is 0 Å². The molecule has 0 saturated carbocycles. The lowest BCUT2D eigenvalue weighted by Gasteiger charge is -2.55. The van der Waals surface area contributed by atoms with Gasteiger partial charge in [-0.1, -0.05) is 51.7 Å². The molecule has 0 aromatic rings. The Kier molecular flexibility index (Phi) is 5.70. The van der Waals surface area contributed by atoms with Crippen LogP contribution in [0, 0.1) is 23.2 Å². The molecule has 126 valence electrons. The van der Waals surface area contributed by atoms with Crippen molar-refractivity contribution < 1.29 is 14.3 Å². The molecule has 3 heteroatoms. The molecule has 2 rings (SSSR count). The zero-order valence-electron chi connectivity index (χ0n) is 14.9. The minimum absolute atomic E-state index is 0.0584. The van der Waals surface area contributed by atoms with Crippen molar-refractivity contribution in [2.75, 3.05) is 13.2 Å². The molecule has 1 saturated heterocycles. The number of ether oxygens (including phenoxy) is 2. The Balaban J connectivity index is 2.17. The molecule has 0 unspecified atom stereocenters. The van der Waals surface area contributed by atoms with Crippen LogP contribution in [0.1, 0.15) is 60.3 Å². The molecule has 2 bridgehead atoms. The van der Waals surface area contributed by atoms with Gasteiger partial charge in [0.2, 0.25) is 0 Å². The molecule has 1 heterocycles. The highest BCUT2D eigenvalue weighted by atomic mass is 16.5. The summed E-state index contributed by atoms with van der Waals surface area (Å²) in [6, 6.07) is 0. The summed E-state index contributed by atoms with van der Waals surface area (Å²) in [6.07, 6.45) is 7.63. The average molecular weight is 308 g/mol. The first-order valence-electron chi connectivity index (χ1n) is 8.85. The Labute approximate surface area is 135 Å². The number of hydrogen-bond donors (Lipinski definition) is 0. The van der Waals surface area contributed by atoms with Gasteiger partial charge in [-0.25, -0.2) is 0 Å². The number of carbonyl (C=O) groups is 1. The molecule has 0 spiro atoms. The van der Waals surface area contributed by atoms with Crippen LogP contribution in [0.3, 0.4) is 0 Å². The van der Waals surface area contributed by atoms with Crippen LogP contribution in [-0.4, -0.2) is 25.3 Å². The number of fused-ring (bicyclic) bond motifs is 2. The number of rotatable bonds is 6. The van der Waals surface area contributed by atoms with E-state index in [0.717, 1.165) is 6.42 Å². The SMILES string of the molecule is CCCCC[C@@H]1OC[C@]2(COC(C)=O)[C@H](C)[C@H]1C(C)=C[C@@H]2C. The van der Waals surface area contributed by atoms with Crippen molar-refractivity contribution >= 4 is 5.97 Å².